The average molecular weight is 544 g/mol. The van der Waals surface area contributed by atoms with Crippen LogP contribution < -0.4 is 9.47 Å². The first kappa shape index (κ1) is 18.4. The molecule has 2 aromatic rings. The molecule has 0 spiro atoms. The fraction of sp³-hybridized carbons (Fsp3) is 0.188. The lowest BCUT2D eigenvalue weighted by Gasteiger charge is -2.13. The van der Waals surface area contributed by atoms with Crippen molar-refractivity contribution >= 4 is 51.2 Å². The van der Waals surface area contributed by atoms with Crippen LogP contribution in [0.15, 0.2) is 36.4 Å². The Hall–Kier alpha value is -0.970. The molecule has 0 amide bonds. The van der Waals surface area contributed by atoms with Crippen LogP contribution in [0.2, 0.25) is 0 Å². The maximum absolute atomic E-state index is 12.8. The minimum atomic E-state index is -3.52. The second-order valence-corrected chi connectivity index (χ2v) is 7.29. The van der Waals surface area contributed by atoms with Crippen molar-refractivity contribution in [3.05, 3.63) is 49.1 Å². The Labute approximate surface area is 159 Å². The molecule has 0 radical (unpaired) electrons. The fourth-order valence-corrected chi connectivity index (χ4v) is 3.95. The molecule has 0 aliphatic rings. The first-order valence-corrected chi connectivity index (χ1v) is 8.66. The number of hydrogen-bond donors (Lipinski definition) is 0. The van der Waals surface area contributed by atoms with Crippen LogP contribution in [0.1, 0.15) is 12.5 Å². The molecular formula is C16H12F2I2O3. The van der Waals surface area contributed by atoms with E-state index >= 15 is 0 Å². The summed E-state index contributed by atoms with van der Waals surface area (Å²) in [4.78, 5) is 11.1. The van der Waals surface area contributed by atoms with Crippen molar-refractivity contribution in [2.24, 2.45) is 0 Å². The third-order valence-corrected chi connectivity index (χ3v) is 4.23. The standard InChI is InChI=1S/C16H12F2I2O3/c1-9-7-10(19)8-13(20)14(9)22-11-3-5-12(6-4-11)23-15(21)16(2,17)18/h3-8H,1-2H3. The zero-order valence-corrected chi connectivity index (χ0v) is 16.5. The van der Waals surface area contributed by atoms with Crippen LogP contribution in [0.3, 0.4) is 0 Å². The number of carbonyl (C=O) groups excluding carboxylic acids is 1. The van der Waals surface area contributed by atoms with Gasteiger partial charge in [0.05, 0.1) is 3.57 Å². The van der Waals surface area contributed by atoms with E-state index in [9.17, 15) is 13.6 Å². The molecule has 0 bridgehead atoms. The van der Waals surface area contributed by atoms with E-state index in [1.54, 1.807) is 12.1 Å². The summed E-state index contributed by atoms with van der Waals surface area (Å²) in [5, 5.41) is 0. The molecule has 0 aliphatic carbocycles. The minimum absolute atomic E-state index is 0.0397. The van der Waals surface area contributed by atoms with Gasteiger partial charge in [0.1, 0.15) is 17.2 Å². The quantitative estimate of drug-likeness (QED) is 0.288. The highest BCUT2D eigenvalue weighted by Gasteiger charge is 2.34. The predicted molar refractivity (Wildman–Crippen MR) is 99.4 cm³/mol. The Morgan fingerprint density at radius 1 is 1.09 bits per heavy atom. The summed E-state index contributed by atoms with van der Waals surface area (Å²) in [5.41, 5.74) is 0.988. The highest BCUT2D eigenvalue weighted by Crippen LogP contribution is 2.32. The molecule has 0 saturated carbocycles. The van der Waals surface area contributed by atoms with Crippen molar-refractivity contribution in [1.82, 2.24) is 0 Å². The summed E-state index contributed by atoms with van der Waals surface area (Å²) in [6.45, 7) is 2.44. The molecule has 0 fully saturated rings. The van der Waals surface area contributed by atoms with Crippen LogP contribution in [0.4, 0.5) is 8.78 Å². The van der Waals surface area contributed by atoms with Crippen molar-refractivity contribution in [2.45, 2.75) is 19.8 Å². The van der Waals surface area contributed by atoms with Crippen molar-refractivity contribution in [2.75, 3.05) is 0 Å². The Balaban J connectivity index is 2.14. The van der Waals surface area contributed by atoms with Gasteiger partial charge in [-0.15, -0.1) is 0 Å². The third-order valence-electron chi connectivity index (χ3n) is 2.81. The topological polar surface area (TPSA) is 35.5 Å². The largest absolute Gasteiger partial charge is 0.456 e. The average Bonchev–Trinajstić information content (AvgIpc) is 2.43. The second-order valence-electron chi connectivity index (χ2n) is 4.88. The molecule has 0 atom stereocenters. The van der Waals surface area contributed by atoms with E-state index in [0.29, 0.717) is 12.7 Å². The lowest BCUT2D eigenvalue weighted by molar-refractivity contribution is -0.158. The molecule has 0 N–H and O–H groups in total. The first-order chi connectivity index (χ1) is 10.7. The number of aryl methyl sites for hydroxylation is 1. The monoisotopic (exact) mass is 544 g/mol. The van der Waals surface area contributed by atoms with Crippen molar-refractivity contribution in [3.63, 3.8) is 0 Å². The summed E-state index contributed by atoms with van der Waals surface area (Å²) in [7, 11) is 0. The molecule has 0 unspecified atom stereocenters. The van der Waals surface area contributed by atoms with E-state index in [4.69, 9.17) is 4.74 Å². The van der Waals surface area contributed by atoms with Gasteiger partial charge in [0, 0.05) is 10.5 Å². The third kappa shape index (κ3) is 5.00. The number of benzene rings is 2. The number of halogens is 4. The van der Waals surface area contributed by atoms with E-state index in [2.05, 4.69) is 49.9 Å². The molecule has 2 aromatic carbocycles. The molecule has 0 heterocycles. The highest BCUT2D eigenvalue weighted by molar-refractivity contribution is 14.1. The number of rotatable bonds is 4. The van der Waals surface area contributed by atoms with Gasteiger partial charge in [-0.25, -0.2) is 4.79 Å². The molecular weight excluding hydrogens is 532 g/mol. The van der Waals surface area contributed by atoms with Gasteiger partial charge in [0.25, 0.3) is 0 Å². The van der Waals surface area contributed by atoms with Crippen LogP contribution in [-0.2, 0) is 4.79 Å². The normalized spacial score (nSPS) is 11.2. The van der Waals surface area contributed by atoms with E-state index in [1.165, 1.54) is 12.1 Å². The molecule has 3 nitrogen and oxygen atoms in total. The van der Waals surface area contributed by atoms with Crippen molar-refractivity contribution in [1.29, 1.82) is 0 Å². The van der Waals surface area contributed by atoms with Crippen LogP contribution in [0, 0.1) is 14.1 Å². The van der Waals surface area contributed by atoms with Crippen molar-refractivity contribution in [3.8, 4) is 17.2 Å². The van der Waals surface area contributed by atoms with Gasteiger partial charge in [0.15, 0.2) is 0 Å². The lowest BCUT2D eigenvalue weighted by Crippen LogP contribution is -2.29. The number of hydrogen-bond acceptors (Lipinski definition) is 3. The van der Waals surface area contributed by atoms with Gasteiger partial charge in [-0.2, -0.15) is 8.78 Å². The number of carbonyl (C=O) groups is 1. The van der Waals surface area contributed by atoms with Gasteiger partial charge >= 0.3 is 11.9 Å². The van der Waals surface area contributed by atoms with Gasteiger partial charge in [-0.1, -0.05) is 0 Å². The Kier molecular flexibility index (Phi) is 5.82. The number of esters is 1. The molecule has 23 heavy (non-hydrogen) atoms. The maximum atomic E-state index is 12.8. The highest BCUT2D eigenvalue weighted by atomic mass is 127. The van der Waals surface area contributed by atoms with Crippen LogP contribution >= 0.6 is 45.2 Å². The van der Waals surface area contributed by atoms with E-state index in [-0.39, 0.29) is 5.75 Å². The van der Waals surface area contributed by atoms with Gasteiger partial charge in [-0.05, 0) is 94.1 Å². The fourth-order valence-electron chi connectivity index (χ4n) is 1.71. The van der Waals surface area contributed by atoms with Crippen LogP contribution in [-0.4, -0.2) is 11.9 Å². The number of ether oxygens (including phenoxy) is 2. The Morgan fingerprint density at radius 2 is 1.65 bits per heavy atom. The molecule has 0 aromatic heterocycles. The van der Waals surface area contributed by atoms with Gasteiger partial charge in [-0.3, -0.25) is 0 Å². The SMILES string of the molecule is Cc1cc(I)cc(I)c1Oc1ccc(OC(=O)C(C)(F)F)cc1. The van der Waals surface area contributed by atoms with Crippen LogP contribution in [0.25, 0.3) is 0 Å². The molecule has 0 aliphatic heterocycles. The molecule has 2 rings (SSSR count). The second kappa shape index (κ2) is 7.29. The smallest absolute Gasteiger partial charge is 0.382 e. The van der Waals surface area contributed by atoms with E-state index < -0.39 is 11.9 Å². The number of alkyl halides is 2. The summed E-state index contributed by atoms with van der Waals surface area (Å²) < 4.78 is 38.1. The van der Waals surface area contributed by atoms with Gasteiger partial charge in [0.2, 0.25) is 0 Å². The molecule has 122 valence electrons. The maximum Gasteiger partial charge on any atom is 0.382 e. The lowest BCUT2D eigenvalue weighted by atomic mass is 10.2. The van der Waals surface area contributed by atoms with E-state index in [1.807, 2.05) is 19.1 Å². The molecule has 0 saturated heterocycles. The molecule has 7 heteroatoms. The predicted octanol–water partition coefficient (Wildman–Crippen LogP) is 5.56. The van der Waals surface area contributed by atoms with Crippen molar-refractivity contribution < 1.29 is 23.0 Å². The van der Waals surface area contributed by atoms with E-state index in [0.717, 1.165) is 18.5 Å². The zero-order chi connectivity index (χ0) is 17.2. The Bertz CT molecular complexity index is 702. The minimum Gasteiger partial charge on any atom is -0.456 e. The Morgan fingerprint density at radius 3 is 2.17 bits per heavy atom. The van der Waals surface area contributed by atoms with Gasteiger partial charge < -0.3 is 9.47 Å². The first-order valence-electron chi connectivity index (χ1n) is 6.50. The zero-order valence-electron chi connectivity index (χ0n) is 12.2. The summed E-state index contributed by atoms with van der Waals surface area (Å²) in [6, 6.07) is 9.93. The summed E-state index contributed by atoms with van der Waals surface area (Å²) in [5.74, 6) is -3.82. The summed E-state index contributed by atoms with van der Waals surface area (Å²) in [6.07, 6.45) is 0. The van der Waals surface area contributed by atoms with Crippen LogP contribution in [0.5, 0.6) is 17.2 Å². The summed E-state index contributed by atoms with van der Waals surface area (Å²) >= 11 is 4.42.